The fourth-order valence-electron chi connectivity index (χ4n) is 3.40. The molecule has 1 aromatic rings. The Bertz CT molecular complexity index is 419. The topological polar surface area (TPSA) is 15.3 Å². The molecule has 1 aliphatic heterocycles. The number of nitrogens with one attached hydrogen (secondary N) is 1. The number of benzene rings is 1. The molecule has 1 aliphatic rings. The van der Waals surface area contributed by atoms with Gasteiger partial charge in [-0.15, -0.1) is 0 Å². The Labute approximate surface area is 124 Å². The highest BCUT2D eigenvalue weighted by atomic mass is 15.2. The first-order valence-electron chi connectivity index (χ1n) is 7.98. The maximum absolute atomic E-state index is 3.63. The smallest absolute Gasteiger partial charge is 0.0238 e. The van der Waals surface area contributed by atoms with Crippen molar-refractivity contribution in [3.05, 3.63) is 34.9 Å². The van der Waals surface area contributed by atoms with E-state index in [0.29, 0.717) is 12.1 Å². The molecular weight excluding hydrogens is 244 g/mol. The Morgan fingerprint density at radius 1 is 1.20 bits per heavy atom. The lowest BCUT2D eigenvalue weighted by molar-refractivity contribution is 0.111. The van der Waals surface area contributed by atoms with Crippen molar-refractivity contribution in [3.63, 3.8) is 0 Å². The second-order valence-corrected chi connectivity index (χ2v) is 7.02. The minimum Gasteiger partial charge on any atom is -0.311 e. The molecule has 2 heteroatoms. The zero-order chi connectivity index (χ0) is 14.7. The Morgan fingerprint density at radius 2 is 1.85 bits per heavy atom. The first kappa shape index (κ1) is 15.5. The van der Waals surface area contributed by atoms with Gasteiger partial charge in [0.25, 0.3) is 0 Å². The molecule has 1 saturated heterocycles. The van der Waals surface area contributed by atoms with Crippen molar-refractivity contribution in [3.8, 4) is 0 Å². The summed E-state index contributed by atoms with van der Waals surface area (Å²) in [6.45, 7) is 14.7. The van der Waals surface area contributed by atoms with Crippen LogP contribution in [0.4, 0.5) is 0 Å². The van der Waals surface area contributed by atoms with E-state index < -0.39 is 0 Å². The van der Waals surface area contributed by atoms with Gasteiger partial charge in [0.1, 0.15) is 0 Å². The van der Waals surface area contributed by atoms with Gasteiger partial charge in [-0.05, 0) is 38.7 Å². The monoisotopic (exact) mass is 274 g/mol. The maximum atomic E-state index is 3.63. The normalized spacial score (nSPS) is 24.3. The summed E-state index contributed by atoms with van der Waals surface area (Å²) in [5.74, 6) is 0.761. The molecule has 2 rings (SSSR count). The largest absolute Gasteiger partial charge is 0.311 e. The van der Waals surface area contributed by atoms with Gasteiger partial charge in [-0.1, -0.05) is 43.2 Å². The number of aryl methyl sites for hydroxylation is 2. The summed E-state index contributed by atoms with van der Waals surface area (Å²) < 4.78 is 0. The first-order valence-corrected chi connectivity index (χ1v) is 7.98. The van der Waals surface area contributed by atoms with E-state index in [9.17, 15) is 0 Å². The highest BCUT2D eigenvalue weighted by molar-refractivity contribution is 5.28. The van der Waals surface area contributed by atoms with Gasteiger partial charge in [-0.2, -0.15) is 0 Å². The molecule has 1 N–H and O–H groups in total. The fraction of sp³-hybridized carbons (Fsp3) is 0.667. The summed E-state index contributed by atoms with van der Waals surface area (Å²) in [4.78, 5) is 2.68. The standard InChI is InChI=1S/C18H30N2/c1-13(2)6-18-10-19-16(5)11-20(18)12-17-8-14(3)7-15(4)9-17/h7-9,13,16,18-19H,6,10-12H2,1-5H3. The van der Waals surface area contributed by atoms with E-state index in [1.54, 1.807) is 0 Å². The molecule has 2 atom stereocenters. The molecule has 20 heavy (non-hydrogen) atoms. The Hall–Kier alpha value is -0.860. The molecule has 1 fully saturated rings. The van der Waals surface area contributed by atoms with Crippen molar-refractivity contribution in [2.45, 2.75) is 59.7 Å². The van der Waals surface area contributed by atoms with Crippen molar-refractivity contribution >= 4 is 0 Å². The van der Waals surface area contributed by atoms with Gasteiger partial charge in [0.2, 0.25) is 0 Å². The molecule has 0 amide bonds. The lowest BCUT2D eigenvalue weighted by Crippen LogP contribution is -2.55. The van der Waals surface area contributed by atoms with Crippen LogP contribution in [0.3, 0.4) is 0 Å². The van der Waals surface area contributed by atoms with E-state index in [1.165, 1.54) is 23.1 Å². The van der Waals surface area contributed by atoms with Crippen molar-refractivity contribution in [2.75, 3.05) is 13.1 Å². The van der Waals surface area contributed by atoms with Crippen molar-refractivity contribution in [1.29, 1.82) is 0 Å². The highest BCUT2D eigenvalue weighted by Crippen LogP contribution is 2.19. The molecule has 2 unspecified atom stereocenters. The van der Waals surface area contributed by atoms with E-state index in [2.05, 4.69) is 63.0 Å². The van der Waals surface area contributed by atoms with Crippen LogP contribution in [0.2, 0.25) is 0 Å². The van der Waals surface area contributed by atoms with Gasteiger partial charge in [0.05, 0.1) is 0 Å². The number of hydrogen-bond acceptors (Lipinski definition) is 2. The van der Waals surface area contributed by atoms with Gasteiger partial charge in [0.15, 0.2) is 0 Å². The van der Waals surface area contributed by atoms with Crippen LogP contribution in [0, 0.1) is 19.8 Å². The molecule has 0 saturated carbocycles. The predicted octanol–water partition coefficient (Wildman–Crippen LogP) is 3.51. The zero-order valence-corrected chi connectivity index (χ0v) is 13.7. The summed E-state index contributed by atoms with van der Waals surface area (Å²) in [6.07, 6.45) is 1.28. The third kappa shape index (κ3) is 4.32. The molecule has 112 valence electrons. The molecule has 0 aromatic heterocycles. The molecule has 0 bridgehead atoms. The van der Waals surface area contributed by atoms with Crippen LogP contribution in [0.25, 0.3) is 0 Å². The third-order valence-electron chi connectivity index (χ3n) is 4.14. The van der Waals surface area contributed by atoms with Gasteiger partial charge in [0, 0.05) is 31.7 Å². The number of hydrogen-bond donors (Lipinski definition) is 1. The Balaban J connectivity index is 2.10. The minimum atomic E-state index is 0.601. The van der Waals surface area contributed by atoms with Gasteiger partial charge in [-0.3, -0.25) is 4.90 Å². The minimum absolute atomic E-state index is 0.601. The van der Waals surface area contributed by atoms with Crippen LogP contribution in [-0.2, 0) is 6.54 Å². The van der Waals surface area contributed by atoms with Crippen LogP contribution in [0.5, 0.6) is 0 Å². The first-order chi connectivity index (χ1) is 9.44. The highest BCUT2D eigenvalue weighted by Gasteiger charge is 2.26. The van der Waals surface area contributed by atoms with Crippen molar-refractivity contribution < 1.29 is 0 Å². The molecule has 2 nitrogen and oxygen atoms in total. The van der Waals surface area contributed by atoms with Crippen molar-refractivity contribution in [2.24, 2.45) is 5.92 Å². The second kappa shape index (κ2) is 6.73. The summed E-state index contributed by atoms with van der Waals surface area (Å²) in [6, 6.07) is 8.21. The molecule has 1 heterocycles. The Morgan fingerprint density at radius 3 is 2.45 bits per heavy atom. The average Bonchev–Trinajstić information content (AvgIpc) is 2.31. The quantitative estimate of drug-likeness (QED) is 0.904. The molecule has 0 radical (unpaired) electrons. The summed E-state index contributed by atoms with van der Waals surface area (Å²) in [7, 11) is 0. The van der Waals surface area contributed by atoms with Crippen LogP contribution >= 0.6 is 0 Å². The molecule has 1 aromatic carbocycles. The SMILES string of the molecule is Cc1cc(C)cc(CN2CC(C)NCC2CC(C)C)c1. The van der Waals surface area contributed by atoms with E-state index in [0.717, 1.165) is 25.6 Å². The van der Waals surface area contributed by atoms with Gasteiger partial charge >= 0.3 is 0 Å². The Kier molecular flexibility index (Phi) is 5.22. The molecular formula is C18H30N2. The number of piperazine rings is 1. The molecule has 0 aliphatic carbocycles. The van der Waals surface area contributed by atoms with Crippen LogP contribution < -0.4 is 5.32 Å². The molecule has 0 spiro atoms. The lowest BCUT2D eigenvalue weighted by atomic mass is 9.98. The van der Waals surface area contributed by atoms with Gasteiger partial charge in [-0.25, -0.2) is 0 Å². The van der Waals surface area contributed by atoms with Crippen LogP contribution in [0.1, 0.15) is 43.9 Å². The second-order valence-electron chi connectivity index (χ2n) is 7.02. The van der Waals surface area contributed by atoms with Crippen LogP contribution in [0.15, 0.2) is 18.2 Å². The summed E-state index contributed by atoms with van der Waals surface area (Å²) >= 11 is 0. The summed E-state index contributed by atoms with van der Waals surface area (Å²) in [5.41, 5.74) is 4.22. The predicted molar refractivity (Wildman–Crippen MR) is 87.0 cm³/mol. The fourth-order valence-corrected chi connectivity index (χ4v) is 3.40. The van der Waals surface area contributed by atoms with E-state index in [-0.39, 0.29) is 0 Å². The zero-order valence-electron chi connectivity index (χ0n) is 13.7. The van der Waals surface area contributed by atoms with Crippen LogP contribution in [-0.4, -0.2) is 30.1 Å². The number of nitrogens with zero attached hydrogens (tertiary/aromatic N) is 1. The lowest BCUT2D eigenvalue weighted by Gasteiger charge is -2.40. The summed E-state index contributed by atoms with van der Waals surface area (Å²) in [5, 5.41) is 3.63. The van der Waals surface area contributed by atoms with Gasteiger partial charge < -0.3 is 5.32 Å². The van der Waals surface area contributed by atoms with Crippen molar-refractivity contribution in [1.82, 2.24) is 10.2 Å². The number of rotatable bonds is 4. The maximum Gasteiger partial charge on any atom is 0.0238 e. The van der Waals surface area contributed by atoms with E-state index in [4.69, 9.17) is 0 Å². The van der Waals surface area contributed by atoms with E-state index >= 15 is 0 Å². The third-order valence-corrected chi connectivity index (χ3v) is 4.14. The average molecular weight is 274 g/mol. The van der Waals surface area contributed by atoms with E-state index in [1.807, 2.05) is 0 Å².